The summed E-state index contributed by atoms with van der Waals surface area (Å²) in [5, 5.41) is 3.63. The molecular weight excluding hydrogens is 248 g/mol. The van der Waals surface area contributed by atoms with Crippen molar-refractivity contribution in [3.63, 3.8) is 0 Å². The molecule has 4 heteroatoms. The van der Waals surface area contributed by atoms with Crippen LogP contribution in [0.4, 0.5) is 0 Å². The third kappa shape index (κ3) is 3.86. The molecule has 106 valence electrons. The number of nitrogens with zero attached hydrogens (tertiary/aromatic N) is 1. The average molecular weight is 275 g/mol. The summed E-state index contributed by atoms with van der Waals surface area (Å²) in [5.41, 5.74) is 0. The summed E-state index contributed by atoms with van der Waals surface area (Å²) in [4.78, 5) is 14.4. The van der Waals surface area contributed by atoms with Crippen LogP contribution < -0.4 is 5.32 Å². The van der Waals surface area contributed by atoms with E-state index < -0.39 is 0 Å². The summed E-state index contributed by atoms with van der Waals surface area (Å²) in [5.74, 6) is 0.962. The highest BCUT2D eigenvalue weighted by molar-refractivity contribution is 5.85. The summed E-state index contributed by atoms with van der Waals surface area (Å²) in [6.45, 7) is 6.28. The molecule has 2 heterocycles. The Labute approximate surface area is 117 Å². The van der Waals surface area contributed by atoms with E-state index in [4.69, 9.17) is 0 Å². The highest BCUT2D eigenvalue weighted by atomic mass is 35.5. The van der Waals surface area contributed by atoms with Crippen LogP contribution in [-0.4, -0.2) is 36.0 Å². The first-order valence-corrected chi connectivity index (χ1v) is 7.26. The zero-order valence-corrected chi connectivity index (χ0v) is 12.5. The van der Waals surface area contributed by atoms with Gasteiger partial charge in [-0.3, -0.25) is 4.79 Å². The van der Waals surface area contributed by atoms with E-state index in [1.165, 1.54) is 12.8 Å². The maximum atomic E-state index is 12.3. The van der Waals surface area contributed by atoms with Crippen LogP contribution in [0.15, 0.2) is 0 Å². The van der Waals surface area contributed by atoms with E-state index in [-0.39, 0.29) is 12.4 Å². The van der Waals surface area contributed by atoms with Gasteiger partial charge in [0.15, 0.2) is 0 Å². The molecule has 2 unspecified atom stereocenters. The molecule has 0 aromatic rings. The van der Waals surface area contributed by atoms with E-state index in [0.717, 1.165) is 38.8 Å². The topological polar surface area (TPSA) is 32.3 Å². The maximum Gasteiger partial charge on any atom is 0.222 e. The van der Waals surface area contributed by atoms with E-state index >= 15 is 0 Å². The molecule has 2 saturated heterocycles. The fourth-order valence-corrected chi connectivity index (χ4v) is 3.12. The Hall–Kier alpha value is -0.280. The molecule has 2 aliphatic rings. The molecule has 2 atom stereocenters. The number of amides is 1. The van der Waals surface area contributed by atoms with Gasteiger partial charge in [-0.15, -0.1) is 12.4 Å². The second-order valence-electron chi connectivity index (χ2n) is 5.65. The Morgan fingerprint density at radius 2 is 1.89 bits per heavy atom. The predicted octanol–water partition coefficient (Wildman–Crippen LogP) is 2.59. The molecule has 0 radical (unpaired) electrons. The van der Waals surface area contributed by atoms with Crippen LogP contribution in [0.3, 0.4) is 0 Å². The first kappa shape index (κ1) is 15.8. The zero-order chi connectivity index (χ0) is 12.3. The van der Waals surface area contributed by atoms with E-state index in [1.807, 2.05) is 0 Å². The molecule has 0 aromatic heterocycles. The number of halogens is 1. The van der Waals surface area contributed by atoms with E-state index in [1.54, 1.807) is 0 Å². The van der Waals surface area contributed by atoms with Crippen molar-refractivity contribution >= 4 is 18.3 Å². The van der Waals surface area contributed by atoms with Crippen LogP contribution in [0.1, 0.15) is 52.4 Å². The second kappa shape index (κ2) is 7.34. The van der Waals surface area contributed by atoms with Crippen molar-refractivity contribution in [2.45, 2.75) is 64.5 Å². The van der Waals surface area contributed by atoms with Crippen LogP contribution in [0.2, 0.25) is 0 Å². The fraction of sp³-hybridized carbons (Fsp3) is 0.929. The van der Waals surface area contributed by atoms with Crippen molar-refractivity contribution in [1.29, 1.82) is 0 Å². The molecule has 18 heavy (non-hydrogen) atoms. The molecule has 0 aliphatic carbocycles. The summed E-state index contributed by atoms with van der Waals surface area (Å²) in [6, 6.07) is 1.24. The van der Waals surface area contributed by atoms with Gasteiger partial charge in [0, 0.05) is 31.6 Å². The van der Waals surface area contributed by atoms with Crippen LogP contribution >= 0.6 is 12.4 Å². The number of hydrogen-bond donors (Lipinski definition) is 1. The smallest absolute Gasteiger partial charge is 0.222 e. The predicted molar refractivity (Wildman–Crippen MR) is 77.1 cm³/mol. The number of rotatable bonds is 4. The normalized spacial score (nSPS) is 26.9. The highest BCUT2D eigenvalue weighted by Gasteiger charge is 2.31. The average Bonchev–Trinajstić information content (AvgIpc) is 2.65. The molecule has 2 fully saturated rings. The van der Waals surface area contributed by atoms with Gasteiger partial charge < -0.3 is 10.2 Å². The number of likely N-dealkylation sites (tertiary alicyclic amines) is 1. The first-order chi connectivity index (χ1) is 8.22. The van der Waals surface area contributed by atoms with Crippen molar-refractivity contribution in [2.75, 3.05) is 13.1 Å². The molecule has 3 nitrogen and oxygen atoms in total. The lowest BCUT2D eigenvalue weighted by atomic mass is 9.98. The largest absolute Gasteiger partial charge is 0.341 e. The summed E-state index contributed by atoms with van der Waals surface area (Å²) in [6.07, 6.45) is 6.70. The van der Waals surface area contributed by atoms with Gasteiger partial charge in [0.05, 0.1) is 0 Å². The maximum absolute atomic E-state index is 12.3. The molecular formula is C14H27ClN2O. The molecule has 1 N–H and O–H groups in total. The summed E-state index contributed by atoms with van der Waals surface area (Å²) in [7, 11) is 0. The van der Waals surface area contributed by atoms with Crippen LogP contribution in [0.25, 0.3) is 0 Å². The van der Waals surface area contributed by atoms with Crippen LogP contribution in [0.5, 0.6) is 0 Å². The highest BCUT2D eigenvalue weighted by Crippen LogP contribution is 2.22. The number of hydrogen-bond acceptors (Lipinski definition) is 2. The number of nitrogens with one attached hydrogen (secondary N) is 1. The fourth-order valence-electron chi connectivity index (χ4n) is 3.12. The lowest BCUT2D eigenvalue weighted by Crippen LogP contribution is -2.39. The minimum absolute atomic E-state index is 0. The third-order valence-corrected chi connectivity index (χ3v) is 4.49. The molecule has 0 saturated carbocycles. The third-order valence-electron chi connectivity index (χ3n) is 4.49. The molecule has 2 bridgehead atoms. The van der Waals surface area contributed by atoms with E-state index in [2.05, 4.69) is 24.1 Å². The lowest BCUT2D eigenvalue weighted by molar-refractivity contribution is -0.132. The first-order valence-electron chi connectivity index (χ1n) is 7.26. The Morgan fingerprint density at radius 1 is 1.22 bits per heavy atom. The van der Waals surface area contributed by atoms with Crippen molar-refractivity contribution in [1.82, 2.24) is 10.2 Å². The zero-order valence-electron chi connectivity index (χ0n) is 11.7. The SMILES string of the molecule is CCC(CC)CC(=O)N1CCC2CCC(C1)N2.Cl. The van der Waals surface area contributed by atoms with Gasteiger partial charge in [0.25, 0.3) is 0 Å². The van der Waals surface area contributed by atoms with Gasteiger partial charge in [-0.2, -0.15) is 0 Å². The van der Waals surface area contributed by atoms with E-state index in [0.29, 0.717) is 23.9 Å². The quantitative estimate of drug-likeness (QED) is 0.855. The molecule has 1 amide bonds. The standard InChI is InChI=1S/C14H26N2O.ClH/c1-3-11(4-2)9-14(17)16-8-7-12-5-6-13(10-16)15-12;/h11-13,15H,3-10H2,1-2H3;1H. The van der Waals surface area contributed by atoms with Crippen molar-refractivity contribution < 1.29 is 4.79 Å². The summed E-state index contributed by atoms with van der Waals surface area (Å²) < 4.78 is 0. The Bertz CT molecular complexity index is 269. The Kier molecular flexibility index (Phi) is 6.44. The molecule has 0 spiro atoms. The van der Waals surface area contributed by atoms with Crippen molar-refractivity contribution in [3.05, 3.63) is 0 Å². The van der Waals surface area contributed by atoms with Crippen LogP contribution in [-0.2, 0) is 4.79 Å². The van der Waals surface area contributed by atoms with Gasteiger partial charge >= 0.3 is 0 Å². The number of fused-ring (bicyclic) bond motifs is 2. The van der Waals surface area contributed by atoms with Gasteiger partial charge in [-0.05, 0) is 25.2 Å². The molecule has 2 rings (SSSR count). The number of carbonyl (C=O) groups excluding carboxylic acids is 1. The van der Waals surface area contributed by atoms with Crippen molar-refractivity contribution in [2.24, 2.45) is 5.92 Å². The number of carbonyl (C=O) groups is 1. The molecule has 2 aliphatic heterocycles. The van der Waals surface area contributed by atoms with Crippen molar-refractivity contribution in [3.8, 4) is 0 Å². The Balaban J connectivity index is 0.00000162. The monoisotopic (exact) mass is 274 g/mol. The van der Waals surface area contributed by atoms with Gasteiger partial charge in [-0.1, -0.05) is 26.7 Å². The van der Waals surface area contributed by atoms with Gasteiger partial charge in [-0.25, -0.2) is 0 Å². The Morgan fingerprint density at radius 3 is 2.56 bits per heavy atom. The minimum Gasteiger partial charge on any atom is -0.341 e. The molecule has 0 aromatic carbocycles. The second-order valence-corrected chi connectivity index (χ2v) is 5.65. The van der Waals surface area contributed by atoms with Crippen LogP contribution in [0, 0.1) is 5.92 Å². The lowest BCUT2D eigenvalue weighted by Gasteiger charge is -2.26. The van der Waals surface area contributed by atoms with Gasteiger partial charge in [0.1, 0.15) is 0 Å². The van der Waals surface area contributed by atoms with Gasteiger partial charge in [0.2, 0.25) is 5.91 Å². The van der Waals surface area contributed by atoms with E-state index in [9.17, 15) is 4.79 Å². The minimum atomic E-state index is 0. The summed E-state index contributed by atoms with van der Waals surface area (Å²) >= 11 is 0.